The van der Waals surface area contributed by atoms with Gasteiger partial charge >= 0.3 is 0 Å². The Bertz CT molecular complexity index is 439. The first-order chi connectivity index (χ1) is 8.08. The van der Waals surface area contributed by atoms with E-state index in [1.165, 1.54) is 12.1 Å². The molecule has 1 atom stereocenters. The molecule has 0 aromatic heterocycles. The molecular formula is C13H18ClFN2O. The van der Waals surface area contributed by atoms with Crippen LogP contribution in [0.4, 0.5) is 4.39 Å². The van der Waals surface area contributed by atoms with Gasteiger partial charge in [0.1, 0.15) is 5.82 Å². The van der Waals surface area contributed by atoms with E-state index in [-0.39, 0.29) is 30.2 Å². The van der Waals surface area contributed by atoms with E-state index in [1.807, 2.05) is 0 Å². The van der Waals surface area contributed by atoms with Gasteiger partial charge in [-0.2, -0.15) is 0 Å². The molecule has 1 saturated heterocycles. The lowest BCUT2D eigenvalue weighted by Gasteiger charge is -2.31. The number of hydrogen-bond donors (Lipinski definition) is 1. The molecular weight excluding hydrogens is 255 g/mol. The van der Waals surface area contributed by atoms with Crippen molar-refractivity contribution in [1.29, 1.82) is 0 Å². The molecule has 2 rings (SSSR count). The Morgan fingerprint density at radius 2 is 2.22 bits per heavy atom. The van der Waals surface area contributed by atoms with Gasteiger partial charge in [0.05, 0.1) is 0 Å². The van der Waals surface area contributed by atoms with Crippen molar-refractivity contribution in [1.82, 2.24) is 4.90 Å². The number of nitrogens with two attached hydrogens (primary N) is 1. The molecule has 0 bridgehead atoms. The number of rotatable bonds is 1. The Morgan fingerprint density at radius 1 is 1.50 bits per heavy atom. The average molecular weight is 273 g/mol. The van der Waals surface area contributed by atoms with E-state index < -0.39 is 0 Å². The maximum absolute atomic E-state index is 13.0. The van der Waals surface area contributed by atoms with Gasteiger partial charge < -0.3 is 10.6 Å². The molecule has 2 N–H and O–H groups in total. The van der Waals surface area contributed by atoms with Crippen molar-refractivity contribution in [2.24, 2.45) is 5.73 Å². The summed E-state index contributed by atoms with van der Waals surface area (Å²) < 4.78 is 13.0. The maximum atomic E-state index is 13.0. The monoisotopic (exact) mass is 272 g/mol. The lowest BCUT2D eigenvalue weighted by molar-refractivity contribution is 0.0708. The summed E-state index contributed by atoms with van der Waals surface area (Å²) in [6.45, 7) is 3.08. The molecule has 1 heterocycles. The summed E-state index contributed by atoms with van der Waals surface area (Å²) in [5.74, 6) is -0.355. The quantitative estimate of drug-likeness (QED) is 0.851. The van der Waals surface area contributed by atoms with Crippen molar-refractivity contribution in [3.63, 3.8) is 0 Å². The van der Waals surface area contributed by atoms with E-state index in [4.69, 9.17) is 5.73 Å². The number of hydrogen-bond acceptors (Lipinski definition) is 2. The first kappa shape index (κ1) is 14.9. The normalized spacial score (nSPS) is 19.3. The molecule has 1 aromatic carbocycles. The van der Waals surface area contributed by atoms with E-state index in [2.05, 4.69) is 0 Å². The van der Waals surface area contributed by atoms with Gasteiger partial charge in [0.15, 0.2) is 0 Å². The molecule has 0 saturated carbocycles. The molecule has 1 fully saturated rings. The van der Waals surface area contributed by atoms with Gasteiger partial charge in [-0.05, 0) is 43.5 Å². The van der Waals surface area contributed by atoms with Gasteiger partial charge in [0.25, 0.3) is 5.91 Å². The summed E-state index contributed by atoms with van der Waals surface area (Å²) in [5, 5.41) is 0. The van der Waals surface area contributed by atoms with Gasteiger partial charge in [-0.25, -0.2) is 4.39 Å². The van der Waals surface area contributed by atoms with E-state index in [1.54, 1.807) is 17.9 Å². The van der Waals surface area contributed by atoms with Crippen LogP contribution in [0.5, 0.6) is 0 Å². The minimum atomic E-state index is -0.311. The molecule has 0 radical (unpaired) electrons. The lowest BCUT2D eigenvalue weighted by Crippen LogP contribution is -2.45. The first-order valence-electron chi connectivity index (χ1n) is 5.89. The van der Waals surface area contributed by atoms with Crippen LogP contribution in [0.15, 0.2) is 18.2 Å². The topological polar surface area (TPSA) is 46.3 Å². The maximum Gasteiger partial charge on any atom is 0.254 e. The molecule has 18 heavy (non-hydrogen) atoms. The third-order valence-corrected chi connectivity index (χ3v) is 3.16. The zero-order valence-corrected chi connectivity index (χ0v) is 11.2. The first-order valence-corrected chi connectivity index (χ1v) is 5.89. The van der Waals surface area contributed by atoms with Crippen molar-refractivity contribution >= 4 is 18.3 Å². The van der Waals surface area contributed by atoms with Gasteiger partial charge in [-0.15, -0.1) is 12.4 Å². The minimum Gasteiger partial charge on any atom is -0.337 e. The Kier molecular flexibility index (Phi) is 5.11. The predicted molar refractivity (Wildman–Crippen MR) is 71.5 cm³/mol. The second-order valence-electron chi connectivity index (χ2n) is 4.61. The molecule has 5 heteroatoms. The number of piperidine rings is 1. The second-order valence-corrected chi connectivity index (χ2v) is 4.61. The van der Waals surface area contributed by atoms with Gasteiger partial charge in [-0.1, -0.05) is 0 Å². The zero-order valence-electron chi connectivity index (χ0n) is 10.4. The van der Waals surface area contributed by atoms with Crippen LogP contribution < -0.4 is 5.73 Å². The number of amides is 1. The summed E-state index contributed by atoms with van der Waals surface area (Å²) in [6, 6.07) is 4.32. The standard InChI is InChI=1S/C13H17FN2O.ClH/c1-9-7-10(14)4-5-12(9)13(17)16-6-2-3-11(15)8-16;/h4-5,7,11H,2-3,6,8,15H2,1H3;1H. The van der Waals surface area contributed by atoms with E-state index >= 15 is 0 Å². The summed E-state index contributed by atoms with van der Waals surface area (Å²) >= 11 is 0. The van der Waals surface area contributed by atoms with E-state index in [0.717, 1.165) is 19.4 Å². The van der Waals surface area contributed by atoms with Gasteiger partial charge in [-0.3, -0.25) is 4.79 Å². The van der Waals surface area contributed by atoms with Crippen LogP contribution in [0.25, 0.3) is 0 Å². The summed E-state index contributed by atoms with van der Waals surface area (Å²) in [5.41, 5.74) is 7.09. The van der Waals surface area contributed by atoms with Crippen LogP contribution >= 0.6 is 12.4 Å². The SMILES string of the molecule is Cc1cc(F)ccc1C(=O)N1CCCC(N)C1.Cl. The van der Waals surface area contributed by atoms with Crippen LogP contribution in [0, 0.1) is 12.7 Å². The van der Waals surface area contributed by atoms with Crippen molar-refractivity contribution in [2.75, 3.05) is 13.1 Å². The Morgan fingerprint density at radius 3 is 2.83 bits per heavy atom. The predicted octanol–water partition coefficient (Wildman–Crippen LogP) is 2.12. The second kappa shape index (κ2) is 6.16. The van der Waals surface area contributed by atoms with Crippen molar-refractivity contribution in [2.45, 2.75) is 25.8 Å². The highest BCUT2D eigenvalue weighted by atomic mass is 35.5. The molecule has 1 aromatic rings. The Balaban J connectivity index is 0.00000162. The molecule has 1 unspecified atom stereocenters. The molecule has 100 valence electrons. The fraction of sp³-hybridized carbons (Fsp3) is 0.462. The number of aryl methyl sites for hydroxylation is 1. The van der Waals surface area contributed by atoms with Crippen LogP contribution in [0.1, 0.15) is 28.8 Å². The molecule has 1 amide bonds. The minimum absolute atomic E-state index is 0. The number of carbonyl (C=O) groups is 1. The van der Waals surface area contributed by atoms with Crippen molar-refractivity contribution < 1.29 is 9.18 Å². The smallest absolute Gasteiger partial charge is 0.254 e. The number of likely N-dealkylation sites (tertiary alicyclic amines) is 1. The highest BCUT2D eigenvalue weighted by molar-refractivity contribution is 5.95. The molecule has 3 nitrogen and oxygen atoms in total. The Labute approximate surface area is 113 Å². The highest BCUT2D eigenvalue weighted by Crippen LogP contribution is 2.16. The zero-order chi connectivity index (χ0) is 12.4. The fourth-order valence-corrected chi connectivity index (χ4v) is 2.23. The van der Waals surface area contributed by atoms with Crippen LogP contribution in [-0.2, 0) is 0 Å². The van der Waals surface area contributed by atoms with Gasteiger partial charge in [0.2, 0.25) is 0 Å². The summed E-state index contributed by atoms with van der Waals surface area (Å²) in [4.78, 5) is 14.0. The number of nitrogens with zero attached hydrogens (tertiary/aromatic N) is 1. The molecule has 0 spiro atoms. The van der Waals surface area contributed by atoms with Crippen LogP contribution in [0.3, 0.4) is 0 Å². The third kappa shape index (κ3) is 3.21. The van der Waals surface area contributed by atoms with Crippen LogP contribution in [-0.4, -0.2) is 29.9 Å². The number of benzene rings is 1. The van der Waals surface area contributed by atoms with E-state index in [9.17, 15) is 9.18 Å². The van der Waals surface area contributed by atoms with Gasteiger partial charge in [0, 0.05) is 24.7 Å². The third-order valence-electron chi connectivity index (χ3n) is 3.16. The summed E-state index contributed by atoms with van der Waals surface area (Å²) in [6.07, 6.45) is 1.90. The molecule has 1 aliphatic rings. The summed E-state index contributed by atoms with van der Waals surface area (Å²) in [7, 11) is 0. The van der Waals surface area contributed by atoms with Crippen molar-refractivity contribution in [3.05, 3.63) is 35.1 Å². The van der Waals surface area contributed by atoms with Crippen molar-refractivity contribution in [3.8, 4) is 0 Å². The fourth-order valence-electron chi connectivity index (χ4n) is 2.23. The molecule has 1 aliphatic heterocycles. The van der Waals surface area contributed by atoms with E-state index in [0.29, 0.717) is 17.7 Å². The lowest BCUT2D eigenvalue weighted by atomic mass is 10.0. The Hall–Kier alpha value is -1.13. The highest BCUT2D eigenvalue weighted by Gasteiger charge is 2.23. The number of carbonyl (C=O) groups excluding carboxylic acids is 1. The largest absolute Gasteiger partial charge is 0.337 e. The van der Waals surface area contributed by atoms with Crippen LogP contribution in [0.2, 0.25) is 0 Å². The average Bonchev–Trinajstić information content (AvgIpc) is 2.28. The number of halogens is 2. The molecule has 0 aliphatic carbocycles.